The Morgan fingerprint density at radius 1 is 1.15 bits per heavy atom. The molecule has 20 heavy (non-hydrogen) atoms. The minimum absolute atomic E-state index is 0.142. The number of aliphatic carboxylic acids is 1. The molecule has 0 fully saturated rings. The average Bonchev–Trinajstić information content (AvgIpc) is 2.26. The molecule has 116 valence electrons. The summed E-state index contributed by atoms with van der Waals surface area (Å²) >= 11 is 0. The molecule has 0 heterocycles. The quantitative estimate of drug-likeness (QED) is 0.601. The normalized spacial score (nSPS) is 11.2. The number of carboxylic acid groups (broad SMARTS) is 1. The van der Waals surface area contributed by atoms with Crippen molar-refractivity contribution in [2.24, 2.45) is 0 Å². The first-order valence-corrected chi connectivity index (χ1v) is 6.71. The van der Waals surface area contributed by atoms with E-state index in [9.17, 15) is 14.4 Å². The van der Waals surface area contributed by atoms with Crippen molar-refractivity contribution in [1.29, 1.82) is 0 Å². The molecule has 0 aliphatic rings. The van der Waals surface area contributed by atoms with Crippen LogP contribution in [0.1, 0.15) is 40.5 Å². The van der Waals surface area contributed by atoms with Gasteiger partial charge in [0.15, 0.2) is 0 Å². The predicted molar refractivity (Wildman–Crippen MR) is 75.4 cm³/mol. The maximum atomic E-state index is 11.7. The number of nitrogens with one attached hydrogen (secondary N) is 2. The Morgan fingerprint density at radius 3 is 2.20 bits per heavy atom. The predicted octanol–water partition coefficient (Wildman–Crippen LogP) is 0.797. The second-order valence-electron chi connectivity index (χ2n) is 5.58. The van der Waals surface area contributed by atoms with E-state index in [-0.39, 0.29) is 13.1 Å². The fourth-order valence-electron chi connectivity index (χ4n) is 1.46. The van der Waals surface area contributed by atoms with Crippen LogP contribution in [0, 0.1) is 0 Å². The number of unbranched alkanes of at least 4 members (excludes halogenated alkanes) is 1. The van der Waals surface area contributed by atoms with Gasteiger partial charge in [-0.25, -0.2) is 4.79 Å². The zero-order valence-corrected chi connectivity index (χ0v) is 12.7. The van der Waals surface area contributed by atoms with Crippen molar-refractivity contribution in [3.63, 3.8) is 0 Å². The second kappa shape index (κ2) is 8.52. The average molecular weight is 287 g/mol. The summed E-state index contributed by atoms with van der Waals surface area (Å²) in [5.41, 5.74) is -0.478. The van der Waals surface area contributed by atoms with E-state index in [0.29, 0.717) is 6.54 Å². The summed E-state index contributed by atoms with van der Waals surface area (Å²) in [5, 5.41) is 13.6. The van der Waals surface area contributed by atoms with E-state index in [1.807, 2.05) is 27.7 Å². The first-order valence-electron chi connectivity index (χ1n) is 6.71. The van der Waals surface area contributed by atoms with Crippen molar-refractivity contribution >= 4 is 17.9 Å². The third-order valence-corrected chi connectivity index (χ3v) is 2.68. The van der Waals surface area contributed by atoms with E-state index in [1.165, 1.54) is 4.90 Å². The van der Waals surface area contributed by atoms with Crippen molar-refractivity contribution in [3.05, 3.63) is 0 Å². The van der Waals surface area contributed by atoms with E-state index in [1.54, 1.807) is 0 Å². The van der Waals surface area contributed by atoms with Gasteiger partial charge in [0, 0.05) is 12.1 Å². The number of carbonyl (C=O) groups excluding carboxylic acids is 2. The number of rotatable bonds is 7. The molecule has 0 aromatic heterocycles. The molecule has 0 aliphatic heterocycles. The van der Waals surface area contributed by atoms with E-state index >= 15 is 0 Å². The molecule has 0 atom stereocenters. The Bertz CT molecular complexity index is 350. The molecule has 0 aromatic carbocycles. The molecule has 3 N–H and O–H groups in total. The zero-order valence-electron chi connectivity index (χ0n) is 12.7. The third kappa shape index (κ3) is 8.47. The van der Waals surface area contributed by atoms with Crippen LogP contribution in [0.5, 0.6) is 0 Å². The number of nitrogens with zero attached hydrogens (tertiary/aromatic N) is 1. The van der Waals surface area contributed by atoms with Gasteiger partial charge in [0.05, 0.1) is 13.1 Å². The summed E-state index contributed by atoms with van der Waals surface area (Å²) in [6.07, 6.45) is 1.79. The van der Waals surface area contributed by atoms with E-state index in [4.69, 9.17) is 5.11 Å². The van der Waals surface area contributed by atoms with Crippen LogP contribution in [-0.4, -0.2) is 53.1 Å². The van der Waals surface area contributed by atoms with E-state index in [0.717, 1.165) is 12.8 Å². The van der Waals surface area contributed by atoms with Crippen molar-refractivity contribution in [2.45, 2.75) is 46.1 Å². The van der Waals surface area contributed by atoms with Crippen LogP contribution in [0.4, 0.5) is 4.79 Å². The fourth-order valence-corrected chi connectivity index (χ4v) is 1.46. The lowest BCUT2D eigenvalue weighted by Crippen LogP contribution is -2.51. The molecule has 0 bridgehead atoms. The molecule has 0 saturated carbocycles. The first-order chi connectivity index (χ1) is 9.16. The number of hydrogen-bond acceptors (Lipinski definition) is 4. The summed E-state index contributed by atoms with van der Waals surface area (Å²) in [5.74, 6) is -1.53. The molecular formula is C13H25N3O4. The van der Waals surface area contributed by atoms with Gasteiger partial charge >= 0.3 is 12.0 Å². The molecule has 3 amide bonds. The summed E-state index contributed by atoms with van der Waals surface area (Å²) in [6.45, 7) is 7.54. The molecule has 7 heteroatoms. The van der Waals surface area contributed by atoms with E-state index in [2.05, 4.69) is 10.6 Å². The monoisotopic (exact) mass is 287 g/mol. The molecule has 0 spiro atoms. The van der Waals surface area contributed by atoms with Crippen LogP contribution in [-0.2, 0) is 9.59 Å². The molecule has 0 radical (unpaired) electrons. The van der Waals surface area contributed by atoms with Crippen LogP contribution >= 0.6 is 0 Å². The van der Waals surface area contributed by atoms with Gasteiger partial charge in [0.1, 0.15) is 0 Å². The second-order valence-corrected chi connectivity index (χ2v) is 5.58. The molecule has 0 rings (SSSR count). The van der Waals surface area contributed by atoms with Crippen molar-refractivity contribution < 1.29 is 19.5 Å². The smallest absolute Gasteiger partial charge is 0.321 e. The Kier molecular flexibility index (Phi) is 7.83. The van der Waals surface area contributed by atoms with Gasteiger partial charge in [-0.2, -0.15) is 0 Å². The Balaban J connectivity index is 4.32. The first kappa shape index (κ1) is 18.4. The van der Waals surface area contributed by atoms with Gasteiger partial charge in [-0.1, -0.05) is 13.3 Å². The van der Waals surface area contributed by atoms with E-state index < -0.39 is 23.4 Å². The minimum atomic E-state index is -1.01. The van der Waals surface area contributed by atoms with Crippen molar-refractivity contribution in [1.82, 2.24) is 15.5 Å². The van der Waals surface area contributed by atoms with Gasteiger partial charge in [-0.05, 0) is 27.2 Å². The third-order valence-electron chi connectivity index (χ3n) is 2.68. The summed E-state index contributed by atoms with van der Waals surface area (Å²) in [4.78, 5) is 35.4. The SMILES string of the molecule is CCCCNC(=O)NC(=O)CN(CC(=O)O)C(C)(C)C. The lowest BCUT2D eigenvalue weighted by molar-refractivity contribution is -0.140. The maximum Gasteiger partial charge on any atom is 0.321 e. The van der Waals surface area contributed by atoms with Crippen LogP contribution in [0.15, 0.2) is 0 Å². The zero-order chi connectivity index (χ0) is 15.8. The largest absolute Gasteiger partial charge is 0.480 e. The van der Waals surface area contributed by atoms with Crippen LogP contribution in [0.3, 0.4) is 0 Å². The Hall–Kier alpha value is -1.63. The molecular weight excluding hydrogens is 262 g/mol. The maximum absolute atomic E-state index is 11.7. The van der Waals surface area contributed by atoms with Gasteiger partial charge in [-0.3, -0.25) is 19.8 Å². The Labute approximate surface area is 119 Å². The molecule has 0 aliphatic carbocycles. The lowest BCUT2D eigenvalue weighted by Gasteiger charge is -2.33. The van der Waals surface area contributed by atoms with Gasteiger partial charge in [0.2, 0.25) is 5.91 Å². The summed E-state index contributed by atoms with van der Waals surface area (Å²) in [6, 6.07) is -0.548. The highest BCUT2D eigenvalue weighted by molar-refractivity contribution is 5.95. The molecule has 7 nitrogen and oxygen atoms in total. The number of carbonyl (C=O) groups is 3. The summed E-state index contributed by atoms with van der Waals surface area (Å²) in [7, 11) is 0. The van der Waals surface area contributed by atoms with Crippen molar-refractivity contribution in [3.8, 4) is 0 Å². The number of amides is 3. The topological polar surface area (TPSA) is 98.7 Å². The van der Waals surface area contributed by atoms with Crippen molar-refractivity contribution in [2.75, 3.05) is 19.6 Å². The Morgan fingerprint density at radius 2 is 1.75 bits per heavy atom. The number of carboxylic acids is 1. The lowest BCUT2D eigenvalue weighted by atomic mass is 10.1. The molecule has 0 aromatic rings. The van der Waals surface area contributed by atoms with Crippen LogP contribution in [0.2, 0.25) is 0 Å². The fraction of sp³-hybridized carbons (Fsp3) is 0.769. The van der Waals surface area contributed by atoms with Crippen LogP contribution < -0.4 is 10.6 Å². The van der Waals surface area contributed by atoms with Gasteiger partial charge < -0.3 is 10.4 Å². The van der Waals surface area contributed by atoms with Gasteiger partial charge in [0.25, 0.3) is 0 Å². The molecule has 0 saturated heterocycles. The van der Waals surface area contributed by atoms with Crippen LogP contribution in [0.25, 0.3) is 0 Å². The van der Waals surface area contributed by atoms with Gasteiger partial charge in [-0.15, -0.1) is 0 Å². The number of hydrogen-bond donors (Lipinski definition) is 3. The minimum Gasteiger partial charge on any atom is -0.480 e. The number of imide groups is 1. The highest BCUT2D eigenvalue weighted by Crippen LogP contribution is 2.11. The number of urea groups is 1. The highest BCUT2D eigenvalue weighted by Gasteiger charge is 2.26. The molecule has 0 unspecified atom stereocenters. The standard InChI is InChI=1S/C13H25N3O4/c1-5-6-7-14-12(20)15-10(17)8-16(9-11(18)19)13(2,3)4/h5-9H2,1-4H3,(H,18,19)(H2,14,15,17,20). The highest BCUT2D eigenvalue weighted by atomic mass is 16.4. The summed E-state index contributed by atoms with van der Waals surface area (Å²) < 4.78 is 0.